The molecule has 1 fully saturated rings. The Morgan fingerprint density at radius 3 is 2.32 bits per heavy atom. The van der Waals surface area contributed by atoms with Gasteiger partial charge in [0.25, 0.3) is 0 Å². The quantitative estimate of drug-likeness (QED) is 0.253. The zero-order valence-electron chi connectivity index (χ0n) is 15.4. The number of esters is 1. The van der Waals surface area contributed by atoms with Gasteiger partial charge >= 0.3 is 12.1 Å². The topological polar surface area (TPSA) is 93.7 Å². The third-order valence-corrected chi connectivity index (χ3v) is 6.93. The molecule has 28 heavy (non-hydrogen) atoms. The number of alkyl carbamates (subject to hydrolysis) is 1. The Morgan fingerprint density at radius 2 is 1.71 bits per heavy atom. The maximum absolute atomic E-state index is 12.7. The van der Waals surface area contributed by atoms with Crippen LogP contribution in [0.5, 0.6) is 0 Å². The van der Waals surface area contributed by atoms with Gasteiger partial charge in [-0.1, -0.05) is 19.3 Å². The molecule has 1 atom stereocenters. The zero-order chi connectivity index (χ0) is 20.8. The van der Waals surface area contributed by atoms with E-state index in [0.29, 0.717) is 18.4 Å². The summed E-state index contributed by atoms with van der Waals surface area (Å²) in [6.07, 6.45) is 3.63. The summed E-state index contributed by atoms with van der Waals surface area (Å²) >= 11 is 6.15. The predicted molar refractivity (Wildman–Crippen MR) is 130 cm³/mol. The Labute approximate surface area is 204 Å². The monoisotopic (exact) mass is 726 g/mol. The van der Waals surface area contributed by atoms with Crippen molar-refractivity contribution in [3.05, 3.63) is 22.3 Å². The second-order valence-electron chi connectivity index (χ2n) is 6.44. The fraction of sp³-hybridized carbons (Fsp3) is 0.500. The van der Waals surface area contributed by atoms with Crippen molar-refractivity contribution >= 4 is 91.4 Å². The third-order valence-electron chi connectivity index (χ3n) is 4.15. The van der Waals surface area contributed by atoms with Gasteiger partial charge in [0.05, 0.1) is 14.8 Å². The van der Waals surface area contributed by atoms with Crippen LogP contribution in [-0.2, 0) is 14.3 Å². The number of halogens is 3. The van der Waals surface area contributed by atoms with E-state index >= 15 is 0 Å². The molecule has 1 aliphatic rings. The molecule has 154 valence electrons. The van der Waals surface area contributed by atoms with Gasteiger partial charge in [0, 0.05) is 27.0 Å². The molecular formula is C18H21I3N2O5. The minimum Gasteiger partial charge on any atom is -0.422 e. The molecule has 2 rings (SSSR count). The van der Waals surface area contributed by atoms with E-state index in [2.05, 4.69) is 33.2 Å². The van der Waals surface area contributed by atoms with E-state index in [1.165, 1.54) is 20.3 Å². The number of nitrogens with one attached hydrogen (secondary N) is 2. The van der Waals surface area contributed by atoms with Crippen molar-refractivity contribution in [3.63, 3.8) is 0 Å². The number of carbonyl (C=O) groups excluding carboxylic acids is 3. The van der Waals surface area contributed by atoms with Gasteiger partial charge in [0.1, 0.15) is 0 Å². The number of hydrogen-bond acceptors (Lipinski definition) is 5. The van der Waals surface area contributed by atoms with E-state index in [1.807, 2.05) is 45.2 Å². The fourth-order valence-electron chi connectivity index (χ4n) is 2.90. The lowest BCUT2D eigenvalue weighted by atomic mass is 9.96. The van der Waals surface area contributed by atoms with Crippen LogP contribution in [0, 0.1) is 10.7 Å². The molecule has 0 bridgehead atoms. The molecule has 1 saturated carbocycles. The van der Waals surface area contributed by atoms with Crippen molar-refractivity contribution in [2.45, 2.75) is 58.3 Å². The van der Waals surface area contributed by atoms with E-state index in [0.717, 1.165) is 29.3 Å². The van der Waals surface area contributed by atoms with Gasteiger partial charge in [-0.05, 0) is 86.7 Å². The number of amides is 2. The molecule has 0 heterocycles. The van der Waals surface area contributed by atoms with Gasteiger partial charge in [0.15, 0.2) is 0 Å². The van der Waals surface area contributed by atoms with E-state index in [-0.39, 0.29) is 11.9 Å². The molecule has 0 aliphatic heterocycles. The average Bonchev–Trinajstić information content (AvgIpc) is 2.58. The molecule has 2 N–H and O–H groups in total. The molecule has 2 amide bonds. The second kappa shape index (κ2) is 11.1. The van der Waals surface area contributed by atoms with Crippen LogP contribution in [0.4, 0.5) is 10.5 Å². The second-order valence-corrected chi connectivity index (χ2v) is 9.85. The minimum atomic E-state index is -1.04. The van der Waals surface area contributed by atoms with Crippen molar-refractivity contribution in [3.8, 4) is 0 Å². The minimum absolute atomic E-state index is 0.113. The predicted octanol–water partition coefficient (Wildman–Crippen LogP) is 5.02. The molecule has 0 spiro atoms. The van der Waals surface area contributed by atoms with E-state index in [1.54, 1.807) is 6.07 Å². The van der Waals surface area contributed by atoms with Crippen molar-refractivity contribution < 1.29 is 23.9 Å². The third kappa shape index (κ3) is 6.85. The highest BCUT2D eigenvalue weighted by Gasteiger charge is 2.25. The van der Waals surface area contributed by atoms with E-state index in [9.17, 15) is 14.4 Å². The molecule has 0 saturated heterocycles. The Balaban J connectivity index is 2.03. The maximum atomic E-state index is 12.7. The molecule has 0 aromatic heterocycles. The fourth-order valence-corrected chi connectivity index (χ4v) is 6.98. The lowest BCUT2D eigenvalue weighted by Gasteiger charge is -2.23. The molecule has 7 nitrogen and oxygen atoms in total. The van der Waals surface area contributed by atoms with Crippen molar-refractivity contribution in [1.29, 1.82) is 0 Å². The van der Waals surface area contributed by atoms with Gasteiger partial charge in [-0.15, -0.1) is 0 Å². The first-order valence-electron chi connectivity index (χ1n) is 8.82. The number of carbonyl (C=O) groups is 3. The van der Waals surface area contributed by atoms with Crippen LogP contribution in [0.25, 0.3) is 0 Å². The molecule has 1 unspecified atom stereocenters. The van der Waals surface area contributed by atoms with Crippen molar-refractivity contribution in [1.82, 2.24) is 5.32 Å². The Kier molecular flexibility index (Phi) is 9.50. The summed E-state index contributed by atoms with van der Waals surface area (Å²) in [5.74, 6) is -0.845. The molecule has 1 aromatic rings. The lowest BCUT2D eigenvalue weighted by molar-refractivity contribution is -0.114. The molecule has 1 aromatic carbocycles. The molecular weight excluding hydrogens is 705 g/mol. The normalized spacial score (nSPS) is 15.5. The summed E-state index contributed by atoms with van der Waals surface area (Å²) in [6.45, 7) is 2.91. The summed E-state index contributed by atoms with van der Waals surface area (Å²) in [5.41, 5.74) is 0.887. The van der Waals surface area contributed by atoms with Gasteiger partial charge in [0.2, 0.25) is 12.2 Å². The first kappa shape index (κ1) is 23.9. The molecule has 0 radical (unpaired) electrons. The average molecular weight is 726 g/mol. The number of benzene rings is 1. The SMILES string of the molecule is CC(=O)Nc1c(I)cc(I)c(C(=O)OC(C)OC(=O)NC2CCCCC2)c1I. The van der Waals surface area contributed by atoms with Crippen molar-refractivity contribution in [2.75, 3.05) is 5.32 Å². The van der Waals surface area contributed by atoms with Gasteiger partial charge in [-0.25, -0.2) is 9.59 Å². The van der Waals surface area contributed by atoms with Crippen LogP contribution >= 0.6 is 67.8 Å². The largest absolute Gasteiger partial charge is 0.422 e. The Bertz CT molecular complexity index is 766. The standard InChI is InChI=1S/C18H21I3N2O5/c1-9(24)22-16-13(20)8-12(19)14(15(16)21)17(25)27-10(2)28-18(26)23-11-6-4-3-5-7-11/h8,10-11H,3-7H2,1-2H3,(H,22,24)(H,23,26). The van der Waals surface area contributed by atoms with E-state index in [4.69, 9.17) is 9.47 Å². The molecule has 10 heteroatoms. The van der Waals surface area contributed by atoms with Crippen LogP contribution in [0.1, 0.15) is 56.3 Å². The number of ether oxygens (including phenoxy) is 2. The Morgan fingerprint density at radius 1 is 1.07 bits per heavy atom. The lowest BCUT2D eigenvalue weighted by Crippen LogP contribution is -2.38. The number of anilines is 1. The van der Waals surface area contributed by atoms with Crippen LogP contribution in [0.3, 0.4) is 0 Å². The zero-order valence-corrected chi connectivity index (χ0v) is 21.9. The van der Waals surface area contributed by atoms with Crippen LogP contribution in [0.2, 0.25) is 0 Å². The first-order chi connectivity index (χ1) is 13.2. The summed E-state index contributed by atoms with van der Waals surface area (Å²) < 4.78 is 12.6. The van der Waals surface area contributed by atoms with Gasteiger partial charge in [-0.2, -0.15) is 0 Å². The number of rotatable bonds is 5. The van der Waals surface area contributed by atoms with Gasteiger partial charge in [-0.3, -0.25) is 4.79 Å². The van der Waals surface area contributed by atoms with Gasteiger partial charge < -0.3 is 20.1 Å². The summed E-state index contributed by atoms with van der Waals surface area (Å²) in [5, 5.41) is 5.55. The smallest absolute Gasteiger partial charge is 0.410 e. The highest BCUT2D eigenvalue weighted by molar-refractivity contribution is 14.1. The summed E-state index contributed by atoms with van der Waals surface area (Å²) in [7, 11) is 0. The van der Waals surface area contributed by atoms with Crippen LogP contribution in [-0.4, -0.2) is 30.3 Å². The maximum Gasteiger partial charge on any atom is 0.410 e. The van der Waals surface area contributed by atoms with Crippen LogP contribution < -0.4 is 10.6 Å². The van der Waals surface area contributed by atoms with Crippen molar-refractivity contribution in [2.24, 2.45) is 0 Å². The molecule has 1 aliphatic carbocycles. The van der Waals surface area contributed by atoms with E-state index < -0.39 is 18.4 Å². The summed E-state index contributed by atoms with van der Waals surface area (Å²) in [6, 6.07) is 1.90. The van der Waals surface area contributed by atoms with Crippen LogP contribution in [0.15, 0.2) is 6.07 Å². The highest BCUT2D eigenvalue weighted by atomic mass is 127. The highest BCUT2D eigenvalue weighted by Crippen LogP contribution is 2.32. The first-order valence-corrected chi connectivity index (χ1v) is 12.1. The number of hydrogen-bond donors (Lipinski definition) is 2. The Hall–Kier alpha value is -0.380. The summed E-state index contributed by atoms with van der Waals surface area (Å²) in [4.78, 5) is 36.1.